The average Bonchev–Trinajstić information content (AvgIpc) is 2.65. The number of nitrogens with zero attached hydrogens (tertiary/aromatic N) is 1. The molecule has 1 heterocycles. The first kappa shape index (κ1) is 8.75. The summed E-state index contributed by atoms with van der Waals surface area (Å²) in [6.07, 6.45) is 2.75. The van der Waals surface area contributed by atoms with Crippen LogP contribution in [0.25, 0.3) is 5.69 Å². The third-order valence-corrected chi connectivity index (χ3v) is 2.18. The number of carbonyl (C=O) groups excluding carboxylic acids is 1. The fraction of sp³-hybridized carbons (Fsp3) is 0.0833. The quantitative estimate of drug-likeness (QED) is 0.659. The Morgan fingerprint density at radius 1 is 1.21 bits per heavy atom. The number of benzene rings is 1. The van der Waals surface area contributed by atoms with E-state index in [1.165, 1.54) is 5.56 Å². The monoisotopic (exact) mass is 185 g/mol. The summed E-state index contributed by atoms with van der Waals surface area (Å²) in [5.41, 5.74) is 2.89. The van der Waals surface area contributed by atoms with Gasteiger partial charge in [0.2, 0.25) is 0 Å². The highest BCUT2D eigenvalue weighted by Crippen LogP contribution is 2.12. The van der Waals surface area contributed by atoms with Crippen LogP contribution in [0.2, 0.25) is 0 Å². The van der Waals surface area contributed by atoms with Crippen LogP contribution in [0.5, 0.6) is 0 Å². The van der Waals surface area contributed by atoms with Crippen LogP contribution >= 0.6 is 0 Å². The van der Waals surface area contributed by atoms with Gasteiger partial charge in [0.25, 0.3) is 0 Å². The number of aldehydes is 1. The van der Waals surface area contributed by atoms with E-state index in [0.717, 1.165) is 12.0 Å². The van der Waals surface area contributed by atoms with Crippen molar-refractivity contribution in [1.29, 1.82) is 0 Å². The second-order valence-electron chi connectivity index (χ2n) is 3.26. The number of hydrogen-bond donors (Lipinski definition) is 0. The van der Waals surface area contributed by atoms with Crippen molar-refractivity contribution >= 4 is 6.29 Å². The Kier molecular flexibility index (Phi) is 2.19. The topological polar surface area (TPSA) is 22.0 Å². The highest BCUT2D eigenvalue weighted by Gasteiger charge is 2.00. The van der Waals surface area contributed by atoms with Crippen LogP contribution in [0.4, 0.5) is 0 Å². The lowest BCUT2D eigenvalue weighted by Crippen LogP contribution is -1.97. The molecule has 0 saturated carbocycles. The molecule has 0 spiro atoms. The van der Waals surface area contributed by atoms with Gasteiger partial charge in [-0.3, -0.25) is 4.79 Å². The van der Waals surface area contributed by atoms with Crippen LogP contribution in [0.1, 0.15) is 16.1 Å². The van der Waals surface area contributed by atoms with Crippen molar-refractivity contribution in [1.82, 2.24) is 4.57 Å². The summed E-state index contributed by atoms with van der Waals surface area (Å²) in [5, 5.41) is 0. The highest BCUT2D eigenvalue weighted by atomic mass is 16.1. The Morgan fingerprint density at radius 3 is 2.79 bits per heavy atom. The molecule has 0 N–H and O–H groups in total. The van der Waals surface area contributed by atoms with Crippen molar-refractivity contribution in [2.24, 2.45) is 0 Å². The molecular weight excluding hydrogens is 174 g/mol. The molecule has 0 aliphatic heterocycles. The number of aryl methyl sites for hydroxylation is 1. The molecular formula is C12H11NO. The molecule has 0 aliphatic carbocycles. The van der Waals surface area contributed by atoms with Crippen molar-refractivity contribution in [3.05, 3.63) is 53.9 Å². The largest absolute Gasteiger partial charge is 0.314 e. The summed E-state index contributed by atoms with van der Waals surface area (Å²) in [4.78, 5) is 10.7. The van der Waals surface area contributed by atoms with Gasteiger partial charge in [0.1, 0.15) is 0 Å². The minimum Gasteiger partial charge on any atom is -0.314 e. The van der Waals surface area contributed by atoms with Crippen LogP contribution in [0.15, 0.2) is 42.6 Å². The Morgan fingerprint density at radius 2 is 2.07 bits per heavy atom. The summed E-state index contributed by atoms with van der Waals surface area (Å²) < 4.78 is 1.88. The van der Waals surface area contributed by atoms with E-state index in [4.69, 9.17) is 0 Å². The molecule has 0 unspecified atom stereocenters. The van der Waals surface area contributed by atoms with Gasteiger partial charge in [-0.25, -0.2) is 0 Å². The average molecular weight is 185 g/mol. The van der Waals surface area contributed by atoms with Gasteiger partial charge in [0.05, 0.1) is 5.69 Å². The van der Waals surface area contributed by atoms with E-state index >= 15 is 0 Å². The van der Waals surface area contributed by atoms with Crippen LogP contribution in [-0.4, -0.2) is 10.9 Å². The van der Waals surface area contributed by atoms with E-state index in [0.29, 0.717) is 5.69 Å². The van der Waals surface area contributed by atoms with E-state index in [2.05, 4.69) is 0 Å². The molecule has 1 aromatic carbocycles. The zero-order valence-corrected chi connectivity index (χ0v) is 7.97. The molecule has 0 amide bonds. The summed E-state index contributed by atoms with van der Waals surface area (Å²) >= 11 is 0. The molecule has 2 rings (SSSR count). The molecule has 1 aromatic heterocycles. The lowest BCUT2D eigenvalue weighted by Gasteiger charge is -2.05. The fourth-order valence-corrected chi connectivity index (χ4v) is 1.50. The smallest absolute Gasteiger partial charge is 0.166 e. The van der Waals surface area contributed by atoms with Crippen LogP contribution in [0.3, 0.4) is 0 Å². The first-order valence-electron chi connectivity index (χ1n) is 4.51. The van der Waals surface area contributed by atoms with Gasteiger partial charge < -0.3 is 4.57 Å². The SMILES string of the molecule is Cc1cccc(-n2cccc2C=O)c1. The van der Waals surface area contributed by atoms with Gasteiger partial charge in [-0.1, -0.05) is 12.1 Å². The zero-order chi connectivity index (χ0) is 9.97. The van der Waals surface area contributed by atoms with Gasteiger partial charge in [0.15, 0.2) is 6.29 Å². The Balaban J connectivity index is 2.54. The molecule has 0 saturated heterocycles. The summed E-state index contributed by atoms with van der Waals surface area (Å²) in [6, 6.07) is 11.7. The molecule has 0 fully saturated rings. The number of aromatic nitrogens is 1. The maximum absolute atomic E-state index is 10.7. The minimum atomic E-state index is 0.676. The molecule has 14 heavy (non-hydrogen) atoms. The molecule has 2 heteroatoms. The fourth-order valence-electron chi connectivity index (χ4n) is 1.50. The molecule has 70 valence electrons. The molecule has 0 atom stereocenters. The van der Waals surface area contributed by atoms with Crippen LogP contribution < -0.4 is 0 Å². The first-order chi connectivity index (χ1) is 6.81. The molecule has 0 radical (unpaired) electrons. The second-order valence-corrected chi connectivity index (χ2v) is 3.26. The van der Waals surface area contributed by atoms with Crippen molar-refractivity contribution < 1.29 is 4.79 Å². The van der Waals surface area contributed by atoms with Gasteiger partial charge in [-0.15, -0.1) is 0 Å². The summed E-state index contributed by atoms with van der Waals surface area (Å²) in [7, 11) is 0. The van der Waals surface area contributed by atoms with Crippen LogP contribution in [-0.2, 0) is 0 Å². The van der Waals surface area contributed by atoms with Crippen LogP contribution in [0, 0.1) is 6.92 Å². The van der Waals surface area contributed by atoms with Gasteiger partial charge in [-0.2, -0.15) is 0 Å². The normalized spacial score (nSPS) is 10.1. The Hall–Kier alpha value is -1.83. The first-order valence-corrected chi connectivity index (χ1v) is 4.51. The standard InChI is InChI=1S/C12H11NO/c1-10-4-2-5-11(8-10)13-7-3-6-12(13)9-14/h2-9H,1H3. The van der Waals surface area contributed by atoms with Crippen molar-refractivity contribution in [3.8, 4) is 5.69 Å². The number of rotatable bonds is 2. The number of carbonyl (C=O) groups is 1. The predicted octanol–water partition coefficient (Wildman–Crippen LogP) is 2.60. The van der Waals surface area contributed by atoms with Gasteiger partial charge in [0, 0.05) is 11.9 Å². The van der Waals surface area contributed by atoms with Crippen molar-refractivity contribution in [3.63, 3.8) is 0 Å². The minimum absolute atomic E-state index is 0.676. The van der Waals surface area contributed by atoms with Gasteiger partial charge in [-0.05, 0) is 36.8 Å². The third kappa shape index (κ3) is 1.46. The Bertz CT molecular complexity index is 457. The second kappa shape index (κ2) is 3.50. The Labute approximate surface area is 82.8 Å². The molecule has 0 bridgehead atoms. The maximum atomic E-state index is 10.7. The third-order valence-electron chi connectivity index (χ3n) is 2.18. The maximum Gasteiger partial charge on any atom is 0.166 e. The lowest BCUT2D eigenvalue weighted by molar-refractivity contribution is 0.111. The van der Waals surface area contributed by atoms with Crippen molar-refractivity contribution in [2.75, 3.05) is 0 Å². The highest BCUT2D eigenvalue weighted by molar-refractivity contribution is 5.73. The van der Waals surface area contributed by atoms with E-state index < -0.39 is 0 Å². The summed E-state index contributed by atoms with van der Waals surface area (Å²) in [5.74, 6) is 0. The predicted molar refractivity (Wildman–Crippen MR) is 55.9 cm³/mol. The lowest BCUT2D eigenvalue weighted by atomic mass is 10.2. The molecule has 2 aromatic rings. The number of hydrogen-bond acceptors (Lipinski definition) is 1. The van der Waals surface area contributed by atoms with E-state index in [-0.39, 0.29) is 0 Å². The molecule has 0 aliphatic rings. The van der Waals surface area contributed by atoms with E-state index in [9.17, 15) is 4.79 Å². The summed E-state index contributed by atoms with van der Waals surface area (Å²) in [6.45, 7) is 2.04. The van der Waals surface area contributed by atoms with E-state index in [1.54, 1.807) is 6.07 Å². The zero-order valence-electron chi connectivity index (χ0n) is 7.97. The molecule has 2 nitrogen and oxygen atoms in total. The van der Waals surface area contributed by atoms with E-state index in [1.807, 2.05) is 48.0 Å². The van der Waals surface area contributed by atoms with Gasteiger partial charge >= 0.3 is 0 Å². The van der Waals surface area contributed by atoms with Crippen molar-refractivity contribution in [2.45, 2.75) is 6.92 Å².